The summed E-state index contributed by atoms with van der Waals surface area (Å²) in [6.07, 6.45) is 0. The molecule has 2 N–H and O–H groups in total. The van der Waals surface area contributed by atoms with Crippen molar-refractivity contribution in [1.82, 2.24) is 0 Å². The number of aryl methyl sites for hydroxylation is 1. The van der Waals surface area contributed by atoms with Gasteiger partial charge in [0.15, 0.2) is 0 Å². The first-order valence-electron chi connectivity index (χ1n) is 5.85. The summed E-state index contributed by atoms with van der Waals surface area (Å²) in [6.45, 7) is 1.75. The van der Waals surface area contributed by atoms with Crippen LogP contribution in [0.3, 0.4) is 0 Å². The van der Waals surface area contributed by atoms with Gasteiger partial charge in [-0.15, -0.1) is 0 Å². The van der Waals surface area contributed by atoms with Crippen molar-refractivity contribution in [3.63, 3.8) is 0 Å². The molecule has 0 aromatic heterocycles. The van der Waals surface area contributed by atoms with Crippen molar-refractivity contribution in [2.75, 3.05) is 0 Å². The van der Waals surface area contributed by atoms with Crippen LogP contribution in [0.1, 0.15) is 22.7 Å². The summed E-state index contributed by atoms with van der Waals surface area (Å²) in [7, 11) is 0. The molecule has 2 rings (SSSR count). The fourth-order valence-corrected chi connectivity index (χ4v) is 2.29. The maximum atomic E-state index is 13.0. The van der Waals surface area contributed by atoms with Crippen LogP contribution in [0.15, 0.2) is 36.4 Å². The van der Waals surface area contributed by atoms with E-state index in [1.54, 1.807) is 13.0 Å². The number of hydrogen-bond donors (Lipinski definition) is 1. The van der Waals surface area contributed by atoms with Crippen LogP contribution < -0.4 is 5.73 Å². The third-order valence-electron chi connectivity index (χ3n) is 2.95. The summed E-state index contributed by atoms with van der Waals surface area (Å²) in [4.78, 5) is 10.4. The molecule has 0 aliphatic heterocycles. The zero-order valence-electron chi connectivity index (χ0n) is 10.6. The third-order valence-corrected chi connectivity index (χ3v) is 3.28. The molecule has 2 aromatic carbocycles. The Labute approximate surface area is 120 Å². The van der Waals surface area contributed by atoms with Crippen LogP contribution in [-0.4, -0.2) is 4.92 Å². The molecule has 1 atom stereocenters. The summed E-state index contributed by atoms with van der Waals surface area (Å²) in [5.41, 5.74) is 7.85. The van der Waals surface area contributed by atoms with Crippen LogP contribution in [0.2, 0.25) is 5.02 Å². The topological polar surface area (TPSA) is 69.2 Å². The van der Waals surface area contributed by atoms with E-state index >= 15 is 0 Å². The van der Waals surface area contributed by atoms with E-state index in [-0.39, 0.29) is 10.7 Å². The van der Waals surface area contributed by atoms with E-state index in [0.717, 1.165) is 5.56 Å². The number of rotatable bonds is 3. The standard InChI is InChI=1S/C14H12ClFN2O2/c1-8-4-9(6-11(5-8)18(19)20)14(17)12-3-2-10(16)7-13(12)15/h2-7,14H,17H2,1H3. The van der Waals surface area contributed by atoms with Crippen LogP contribution in [0.5, 0.6) is 0 Å². The molecular weight excluding hydrogens is 283 g/mol. The molecular formula is C14H12ClFN2O2. The second-order valence-corrected chi connectivity index (χ2v) is 4.91. The van der Waals surface area contributed by atoms with Crippen LogP contribution in [0.4, 0.5) is 10.1 Å². The van der Waals surface area contributed by atoms with Crippen molar-refractivity contribution < 1.29 is 9.31 Å². The predicted molar refractivity (Wildman–Crippen MR) is 75.3 cm³/mol. The maximum absolute atomic E-state index is 13.0. The monoisotopic (exact) mass is 294 g/mol. The van der Waals surface area contributed by atoms with E-state index in [1.165, 1.54) is 30.3 Å². The summed E-state index contributed by atoms with van der Waals surface area (Å²) < 4.78 is 13.0. The van der Waals surface area contributed by atoms with Gasteiger partial charge in [-0.3, -0.25) is 10.1 Å². The van der Waals surface area contributed by atoms with Gasteiger partial charge in [0, 0.05) is 17.2 Å². The number of nitrogens with two attached hydrogens (primary N) is 1. The zero-order valence-corrected chi connectivity index (χ0v) is 11.4. The lowest BCUT2D eigenvalue weighted by Crippen LogP contribution is -2.13. The van der Waals surface area contributed by atoms with Gasteiger partial charge in [0.2, 0.25) is 0 Å². The number of halogens is 2. The fraction of sp³-hybridized carbons (Fsp3) is 0.143. The average molecular weight is 295 g/mol. The lowest BCUT2D eigenvalue weighted by atomic mass is 9.97. The van der Waals surface area contributed by atoms with Gasteiger partial charge in [0.1, 0.15) is 5.82 Å². The smallest absolute Gasteiger partial charge is 0.270 e. The van der Waals surface area contributed by atoms with Crippen LogP contribution in [0, 0.1) is 22.9 Å². The van der Waals surface area contributed by atoms with E-state index in [2.05, 4.69) is 0 Å². The van der Waals surface area contributed by atoms with Gasteiger partial charge in [0.25, 0.3) is 5.69 Å². The molecule has 1 unspecified atom stereocenters. The van der Waals surface area contributed by atoms with Crippen molar-refractivity contribution in [2.24, 2.45) is 5.73 Å². The Hall–Kier alpha value is -1.98. The van der Waals surface area contributed by atoms with Gasteiger partial charge in [0.05, 0.1) is 11.0 Å². The zero-order chi connectivity index (χ0) is 14.9. The second kappa shape index (κ2) is 5.56. The van der Waals surface area contributed by atoms with E-state index in [9.17, 15) is 14.5 Å². The number of nitro benzene ring substituents is 1. The molecule has 0 fully saturated rings. The largest absolute Gasteiger partial charge is 0.320 e. The Morgan fingerprint density at radius 2 is 2.00 bits per heavy atom. The van der Waals surface area contributed by atoms with Gasteiger partial charge in [-0.2, -0.15) is 0 Å². The van der Waals surface area contributed by atoms with Crippen molar-refractivity contribution >= 4 is 17.3 Å². The fourth-order valence-electron chi connectivity index (χ4n) is 2.01. The normalized spacial score (nSPS) is 12.2. The molecule has 104 valence electrons. The first-order chi connectivity index (χ1) is 9.38. The second-order valence-electron chi connectivity index (χ2n) is 4.50. The highest BCUT2D eigenvalue weighted by molar-refractivity contribution is 6.31. The highest BCUT2D eigenvalue weighted by Crippen LogP contribution is 2.29. The Kier molecular flexibility index (Phi) is 4.01. The van der Waals surface area contributed by atoms with E-state index < -0.39 is 16.8 Å². The van der Waals surface area contributed by atoms with Crippen molar-refractivity contribution in [3.05, 3.63) is 74.0 Å². The molecule has 0 aliphatic rings. The molecule has 0 saturated carbocycles. The molecule has 2 aromatic rings. The summed E-state index contributed by atoms with van der Waals surface area (Å²) in [5.74, 6) is -0.457. The van der Waals surface area contributed by atoms with Crippen molar-refractivity contribution in [1.29, 1.82) is 0 Å². The molecule has 0 saturated heterocycles. The Morgan fingerprint density at radius 3 is 2.60 bits per heavy atom. The van der Waals surface area contributed by atoms with E-state index in [4.69, 9.17) is 17.3 Å². The molecule has 0 heterocycles. The average Bonchev–Trinajstić information content (AvgIpc) is 2.37. The Balaban J connectivity index is 2.47. The Morgan fingerprint density at radius 1 is 1.30 bits per heavy atom. The lowest BCUT2D eigenvalue weighted by molar-refractivity contribution is -0.385. The van der Waals surface area contributed by atoms with E-state index in [1.807, 2.05) is 0 Å². The quantitative estimate of drug-likeness (QED) is 0.692. The molecule has 0 spiro atoms. The molecule has 0 amide bonds. The van der Waals surface area contributed by atoms with Crippen LogP contribution in [0.25, 0.3) is 0 Å². The molecule has 0 radical (unpaired) electrons. The molecule has 20 heavy (non-hydrogen) atoms. The summed E-state index contributed by atoms with van der Waals surface area (Å²) >= 11 is 5.96. The Bertz CT molecular complexity index is 676. The number of non-ortho nitro benzene ring substituents is 1. The number of nitro groups is 1. The summed E-state index contributed by atoms with van der Waals surface area (Å²) in [5, 5.41) is 11.1. The van der Waals surface area contributed by atoms with Gasteiger partial charge < -0.3 is 5.73 Å². The number of benzene rings is 2. The van der Waals surface area contributed by atoms with Gasteiger partial charge in [-0.05, 0) is 35.7 Å². The van der Waals surface area contributed by atoms with Crippen LogP contribution >= 0.6 is 11.6 Å². The van der Waals surface area contributed by atoms with Crippen molar-refractivity contribution in [3.8, 4) is 0 Å². The molecule has 0 aliphatic carbocycles. The van der Waals surface area contributed by atoms with Gasteiger partial charge in [-0.1, -0.05) is 23.7 Å². The predicted octanol–water partition coefficient (Wildman–Crippen LogP) is 3.74. The summed E-state index contributed by atoms with van der Waals surface area (Å²) in [6, 6.07) is 7.86. The van der Waals surface area contributed by atoms with Crippen LogP contribution in [-0.2, 0) is 0 Å². The minimum absolute atomic E-state index is 0.0336. The first-order valence-corrected chi connectivity index (χ1v) is 6.23. The lowest BCUT2D eigenvalue weighted by Gasteiger charge is -2.15. The number of hydrogen-bond acceptors (Lipinski definition) is 3. The SMILES string of the molecule is Cc1cc(C(N)c2ccc(F)cc2Cl)cc([N+](=O)[O-])c1. The maximum Gasteiger partial charge on any atom is 0.270 e. The van der Waals surface area contributed by atoms with Gasteiger partial charge >= 0.3 is 0 Å². The minimum atomic E-state index is -0.651. The highest BCUT2D eigenvalue weighted by atomic mass is 35.5. The number of nitrogens with zero attached hydrogens (tertiary/aromatic N) is 1. The third kappa shape index (κ3) is 2.95. The molecule has 0 bridgehead atoms. The first kappa shape index (κ1) is 14.4. The molecule has 6 heteroatoms. The van der Waals surface area contributed by atoms with Gasteiger partial charge in [-0.25, -0.2) is 4.39 Å². The molecule has 4 nitrogen and oxygen atoms in total. The van der Waals surface area contributed by atoms with Crippen molar-refractivity contribution in [2.45, 2.75) is 13.0 Å². The highest BCUT2D eigenvalue weighted by Gasteiger charge is 2.17. The van der Waals surface area contributed by atoms with E-state index in [0.29, 0.717) is 11.1 Å². The minimum Gasteiger partial charge on any atom is -0.320 e.